The number of thioether (sulfide) groups is 1. The monoisotopic (exact) mass is 376 g/mol. The van der Waals surface area contributed by atoms with Gasteiger partial charge in [-0.3, -0.25) is 9.69 Å². The molecule has 0 unspecified atom stereocenters. The van der Waals surface area contributed by atoms with Crippen LogP contribution in [-0.2, 0) is 17.9 Å². The van der Waals surface area contributed by atoms with Gasteiger partial charge in [0.05, 0.1) is 5.75 Å². The molecule has 26 heavy (non-hydrogen) atoms. The van der Waals surface area contributed by atoms with E-state index >= 15 is 0 Å². The Balaban J connectivity index is 1.43. The first-order valence-electron chi connectivity index (χ1n) is 8.75. The highest BCUT2D eigenvalue weighted by Gasteiger charge is 2.12. The number of carbonyl (C=O) groups is 1. The molecule has 0 atom stereocenters. The Hall–Kier alpha value is -1.92. The van der Waals surface area contributed by atoms with E-state index in [4.69, 9.17) is 0 Å². The number of hydrogen-bond donors (Lipinski definition) is 1. The van der Waals surface area contributed by atoms with Crippen molar-refractivity contribution in [3.05, 3.63) is 65.2 Å². The standard InChI is InChI=1S/C20H22F2N2OS/c21-17-7-8-18(22)19(11-17)26-14-20(25)23-12-15-3-5-16(6-4-15)13-24-9-1-2-10-24/h3-8,11H,1-2,9-10,12-14H2,(H,23,25). The van der Waals surface area contributed by atoms with E-state index in [1.165, 1.54) is 31.5 Å². The van der Waals surface area contributed by atoms with Crippen molar-refractivity contribution in [3.8, 4) is 0 Å². The summed E-state index contributed by atoms with van der Waals surface area (Å²) in [5.41, 5.74) is 2.30. The lowest BCUT2D eigenvalue weighted by molar-refractivity contribution is -0.118. The SMILES string of the molecule is O=C(CSc1cc(F)ccc1F)NCc1ccc(CN2CCCC2)cc1. The molecule has 0 radical (unpaired) electrons. The van der Waals surface area contributed by atoms with Crippen molar-refractivity contribution in [1.82, 2.24) is 10.2 Å². The number of halogens is 2. The van der Waals surface area contributed by atoms with Crippen LogP contribution >= 0.6 is 11.8 Å². The van der Waals surface area contributed by atoms with Crippen molar-refractivity contribution >= 4 is 17.7 Å². The van der Waals surface area contributed by atoms with Gasteiger partial charge in [-0.1, -0.05) is 24.3 Å². The first kappa shape index (κ1) is 18.9. The third-order valence-electron chi connectivity index (χ3n) is 4.37. The second-order valence-electron chi connectivity index (χ2n) is 6.44. The van der Waals surface area contributed by atoms with Gasteiger partial charge in [-0.05, 0) is 55.3 Å². The van der Waals surface area contributed by atoms with E-state index in [0.29, 0.717) is 6.54 Å². The lowest BCUT2D eigenvalue weighted by atomic mass is 10.1. The number of nitrogens with zero attached hydrogens (tertiary/aromatic N) is 1. The molecule has 1 fully saturated rings. The fourth-order valence-corrected chi connectivity index (χ4v) is 3.73. The molecule has 2 aromatic rings. The molecule has 2 aromatic carbocycles. The first-order chi connectivity index (χ1) is 12.6. The van der Waals surface area contributed by atoms with Crippen LogP contribution in [0.2, 0.25) is 0 Å². The van der Waals surface area contributed by atoms with Crippen molar-refractivity contribution in [2.45, 2.75) is 30.8 Å². The van der Waals surface area contributed by atoms with Crippen LogP contribution in [0.4, 0.5) is 8.78 Å². The zero-order chi connectivity index (χ0) is 18.4. The maximum atomic E-state index is 13.5. The molecule has 0 bridgehead atoms. The van der Waals surface area contributed by atoms with Crippen LogP contribution in [0.15, 0.2) is 47.4 Å². The molecule has 1 heterocycles. The minimum absolute atomic E-state index is 0.0490. The third kappa shape index (κ3) is 5.54. The van der Waals surface area contributed by atoms with E-state index in [0.717, 1.165) is 42.1 Å². The molecule has 6 heteroatoms. The summed E-state index contributed by atoms with van der Waals surface area (Å²) < 4.78 is 26.6. The van der Waals surface area contributed by atoms with Crippen molar-refractivity contribution in [2.24, 2.45) is 0 Å². The van der Waals surface area contributed by atoms with Crippen LogP contribution in [0.3, 0.4) is 0 Å². The summed E-state index contributed by atoms with van der Waals surface area (Å²) in [5.74, 6) is -1.19. The van der Waals surface area contributed by atoms with Gasteiger partial charge >= 0.3 is 0 Å². The Morgan fingerprint density at radius 1 is 1.04 bits per heavy atom. The number of carbonyl (C=O) groups excluding carboxylic acids is 1. The Labute approximate surface area is 156 Å². The normalized spacial score (nSPS) is 14.5. The zero-order valence-corrected chi connectivity index (χ0v) is 15.3. The summed E-state index contributed by atoms with van der Waals surface area (Å²) in [6.45, 7) is 3.74. The minimum atomic E-state index is -0.516. The summed E-state index contributed by atoms with van der Waals surface area (Å²) in [5, 5.41) is 2.81. The first-order valence-corrected chi connectivity index (χ1v) is 9.73. The van der Waals surface area contributed by atoms with E-state index in [-0.39, 0.29) is 16.6 Å². The molecule has 1 aliphatic heterocycles. The maximum Gasteiger partial charge on any atom is 0.230 e. The van der Waals surface area contributed by atoms with Gasteiger partial charge in [-0.15, -0.1) is 11.8 Å². The second-order valence-corrected chi connectivity index (χ2v) is 7.46. The van der Waals surface area contributed by atoms with Gasteiger partial charge in [0.2, 0.25) is 5.91 Å². The molecule has 1 amide bonds. The molecular formula is C20H22F2N2OS. The fourth-order valence-electron chi connectivity index (χ4n) is 2.94. The molecule has 138 valence electrons. The highest BCUT2D eigenvalue weighted by Crippen LogP contribution is 2.22. The number of hydrogen-bond acceptors (Lipinski definition) is 3. The molecule has 0 spiro atoms. The van der Waals surface area contributed by atoms with E-state index in [9.17, 15) is 13.6 Å². The fraction of sp³-hybridized carbons (Fsp3) is 0.350. The van der Waals surface area contributed by atoms with E-state index in [1.807, 2.05) is 12.1 Å². The van der Waals surface area contributed by atoms with Gasteiger partial charge < -0.3 is 5.32 Å². The van der Waals surface area contributed by atoms with Crippen molar-refractivity contribution in [3.63, 3.8) is 0 Å². The molecule has 0 saturated carbocycles. The van der Waals surface area contributed by atoms with E-state index in [1.54, 1.807) is 0 Å². The lowest BCUT2D eigenvalue weighted by Crippen LogP contribution is -2.24. The van der Waals surface area contributed by atoms with Gasteiger partial charge in [0, 0.05) is 18.0 Å². The second kappa shape index (κ2) is 9.14. The summed E-state index contributed by atoms with van der Waals surface area (Å²) in [6, 6.07) is 11.5. The van der Waals surface area contributed by atoms with Gasteiger partial charge in [0.15, 0.2) is 0 Å². The van der Waals surface area contributed by atoms with E-state index < -0.39 is 11.6 Å². The summed E-state index contributed by atoms with van der Waals surface area (Å²) >= 11 is 0.992. The van der Waals surface area contributed by atoms with Crippen molar-refractivity contribution < 1.29 is 13.6 Å². The smallest absolute Gasteiger partial charge is 0.230 e. The molecule has 0 aliphatic carbocycles. The van der Waals surface area contributed by atoms with Crippen molar-refractivity contribution in [1.29, 1.82) is 0 Å². The summed E-state index contributed by atoms with van der Waals surface area (Å²) in [6.07, 6.45) is 2.56. The number of nitrogens with one attached hydrogen (secondary N) is 1. The average Bonchev–Trinajstić information content (AvgIpc) is 3.15. The quantitative estimate of drug-likeness (QED) is 0.742. The lowest BCUT2D eigenvalue weighted by Gasteiger charge is -2.14. The van der Waals surface area contributed by atoms with Crippen LogP contribution in [0.5, 0.6) is 0 Å². The molecule has 3 rings (SSSR count). The van der Waals surface area contributed by atoms with Gasteiger partial charge in [0.1, 0.15) is 11.6 Å². The highest BCUT2D eigenvalue weighted by molar-refractivity contribution is 8.00. The topological polar surface area (TPSA) is 32.3 Å². The molecule has 0 aromatic heterocycles. The number of rotatable bonds is 7. The Morgan fingerprint density at radius 2 is 1.73 bits per heavy atom. The largest absolute Gasteiger partial charge is 0.351 e. The minimum Gasteiger partial charge on any atom is -0.351 e. The van der Waals surface area contributed by atoms with Crippen molar-refractivity contribution in [2.75, 3.05) is 18.8 Å². The van der Waals surface area contributed by atoms with Gasteiger partial charge in [0.25, 0.3) is 0 Å². The predicted molar refractivity (Wildman–Crippen MR) is 99.9 cm³/mol. The number of amides is 1. The molecule has 3 nitrogen and oxygen atoms in total. The molecular weight excluding hydrogens is 354 g/mol. The Bertz CT molecular complexity index is 746. The average molecular weight is 376 g/mol. The number of benzene rings is 2. The third-order valence-corrected chi connectivity index (χ3v) is 5.40. The van der Waals surface area contributed by atoms with Crippen LogP contribution in [-0.4, -0.2) is 29.6 Å². The van der Waals surface area contributed by atoms with Crippen LogP contribution in [0.1, 0.15) is 24.0 Å². The molecule has 1 saturated heterocycles. The molecule has 1 N–H and O–H groups in total. The predicted octanol–water partition coefficient (Wildman–Crippen LogP) is 3.97. The summed E-state index contributed by atoms with van der Waals surface area (Å²) in [4.78, 5) is 14.5. The Morgan fingerprint density at radius 3 is 2.46 bits per heavy atom. The maximum absolute atomic E-state index is 13.5. The Kier molecular flexibility index (Phi) is 6.63. The van der Waals surface area contributed by atoms with Gasteiger partial charge in [-0.25, -0.2) is 8.78 Å². The summed E-state index contributed by atoms with van der Waals surface area (Å²) in [7, 11) is 0. The van der Waals surface area contributed by atoms with Crippen LogP contribution < -0.4 is 5.32 Å². The van der Waals surface area contributed by atoms with E-state index in [2.05, 4.69) is 22.3 Å². The highest BCUT2D eigenvalue weighted by atomic mass is 32.2. The van der Waals surface area contributed by atoms with Crippen LogP contribution in [0.25, 0.3) is 0 Å². The number of likely N-dealkylation sites (tertiary alicyclic amines) is 1. The zero-order valence-electron chi connectivity index (χ0n) is 14.5. The molecule has 1 aliphatic rings. The van der Waals surface area contributed by atoms with Crippen LogP contribution in [0, 0.1) is 11.6 Å². The van der Waals surface area contributed by atoms with Gasteiger partial charge in [-0.2, -0.15) is 0 Å².